The summed E-state index contributed by atoms with van der Waals surface area (Å²) in [6.45, 7) is 6.48. The second kappa shape index (κ2) is 15.4. The summed E-state index contributed by atoms with van der Waals surface area (Å²) in [4.78, 5) is 29.8. The molecule has 0 saturated carbocycles. The highest BCUT2D eigenvalue weighted by atomic mass is 35.5. The summed E-state index contributed by atoms with van der Waals surface area (Å²) in [5.74, 6) is -1.02. The number of anilines is 1. The molecular formula is C35H36Cl3N3O4S. The van der Waals surface area contributed by atoms with Gasteiger partial charge < -0.3 is 10.2 Å². The van der Waals surface area contributed by atoms with Crippen molar-refractivity contribution in [2.45, 2.75) is 57.6 Å². The zero-order valence-corrected chi connectivity index (χ0v) is 29.1. The SMILES string of the molecule is Cc1ccc(S(=O)(=O)N(CC(=O)N(Cc2c(Cl)cccc2Cl)C(Cc2ccccc2)C(=O)NC(C)C)c2ccc(Cl)cc2C)cc1. The predicted octanol–water partition coefficient (Wildman–Crippen LogP) is 7.62. The van der Waals surface area contributed by atoms with Gasteiger partial charge in [-0.1, -0.05) is 88.9 Å². The van der Waals surface area contributed by atoms with Gasteiger partial charge in [-0.3, -0.25) is 13.9 Å². The molecule has 0 spiro atoms. The molecular weight excluding hydrogens is 665 g/mol. The van der Waals surface area contributed by atoms with Crippen LogP contribution < -0.4 is 9.62 Å². The Kier molecular flexibility index (Phi) is 11.8. The number of carbonyl (C=O) groups is 2. The van der Waals surface area contributed by atoms with Gasteiger partial charge in [-0.05, 0) is 81.3 Å². The van der Waals surface area contributed by atoms with Gasteiger partial charge in [0.15, 0.2) is 0 Å². The molecule has 7 nitrogen and oxygen atoms in total. The van der Waals surface area contributed by atoms with Crippen LogP contribution in [-0.2, 0) is 32.6 Å². The minimum absolute atomic E-state index is 0.0133. The molecule has 0 heterocycles. The van der Waals surface area contributed by atoms with Crippen LogP contribution in [0.2, 0.25) is 15.1 Å². The molecule has 0 aliphatic carbocycles. The fourth-order valence-corrected chi connectivity index (χ4v) is 7.26. The first-order valence-corrected chi connectivity index (χ1v) is 17.3. The van der Waals surface area contributed by atoms with E-state index in [0.717, 1.165) is 15.4 Å². The van der Waals surface area contributed by atoms with Gasteiger partial charge in [0, 0.05) is 39.6 Å². The largest absolute Gasteiger partial charge is 0.352 e. The smallest absolute Gasteiger partial charge is 0.264 e. The first-order valence-electron chi connectivity index (χ1n) is 14.7. The molecule has 0 saturated heterocycles. The lowest BCUT2D eigenvalue weighted by atomic mass is 10.0. The summed E-state index contributed by atoms with van der Waals surface area (Å²) in [6.07, 6.45) is 0.165. The number of halogens is 3. The van der Waals surface area contributed by atoms with Crippen molar-refractivity contribution in [2.75, 3.05) is 10.8 Å². The Labute approximate surface area is 286 Å². The van der Waals surface area contributed by atoms with E-state index in [1.165, 1.54) is 17.0 Å². The van der Waals surface area contributed by atoms with Crippen molar-refractivity contribution in [2.24, 2.45) is 0 Å². The molecule has 242 valence electrons. The summed E-state index contributed by atoms with van der Waals surface area (Å²) in [5, 5.41) is 3.97. The number of nitrogens with one attached hydrogen (secondary N) is 1. The maximum absolute atomic E-state index is 14.6. The highest BCUT2D eigenvalue weighted by molar-refractivity contribution is 7.92. The maximum Gasteiger partial charge on any atom is 0.264 e. The fraction of sp³-hybridized carbons (Fsp3) is 0.257. The van der Waals surface area contributed by atoms with Crippen LogP contribution >= 0.6 is 34.8 Å². The Morgan fingerprint density at radius 3 is 2.04 bits per heavy atom. The van der Waals surface area contributed by atoms with E-state index in [2.05, 4.69) is 5.32 Å². The van der Waals surface area contributed by atoms with Gasteiger partial charge in [-0.25, -0.2) is 8.42 Å². The van der Waals surface area contributed by atoms with E-state index in [4.69, 9.17) is 34.8 Å². The third kappa shape index (κ3) is 8.62. The van der Waals surface area contributed by atoms with Crippen LogP contribution in [0.4, 0.5) is 5.69 Å². The Morgan fingerprint density at radius 1 is 0.826 bits per heavy atom. The van der Waals surface area contributed by atoms with E-state index < -0.39 is 34.4 Å². The van der Waals surface area contributed by atoms with E-state index in [0.29, 0.717) is 26.2 Å². The van der Waals surface area contributed by atoms with E-state index >= 15 is 0 Å². The summed E-state index contributed by atoms with van der Waals surface area (Å²) >= 11 is 19.4. The van der Waals surface area contributed by atoms with Crippen molar-refractivity contribution in [1.82, 2.24) is 10.2 Å². The van der Waals surface area contributed by atoms with Crippen molar-refractivity contribution in [3.8, 4) is 0 Å². The Balaban J connectivity index is 1.86. The molecule has 11 heteroatoms. The van der Waals surface area contributed by atoms with Crippen molar-refractivity contribution in [3.63, 3.8) is 0 Å². The molecule has 4 aromatic carbocycles. The molecule has 4 rings (SSSR count). The standard InChI is InChI=1S/C35H36Cl3N3O4S/c1-23(2)39-35(43)33(20-26-9-6-5-7-10-26)40(21-29-30(37)11-8-12-31(29)38)34(42)22-41(32-18-15-27(36)19-25(32)4)46(44,45)28-16-13-24(3)14-17-28/h5-19,23,33H,20-22H2,1-4H3,(H,39,43). The average molecular weight is 701 g/mol. The topological polar surface area (TPSA) is 86.8 Å². The minimum atomic E-state index is -4.26. The summed E-state index contributed by atoms with van der Waals surface area (Å²) in [6, 6.07) is 24.2. The maximum atomic E-state index is 14.6. The number of nitrogens with zero attached hydrogens (tertiary/aromatic N) is 2. The van der Waals surface area contributed by atoms with E-state index in [9.17, 15) is 18.0 Å². The Morgan fingerprint density at radius 2 is 1.46 bits per heavy atom. The average Bonchev–Trinajstić information content (AvgIpc) is 2.99. The lowest BCUT2D eigenvalue weighted by Crippen LogP contribution is -2.54. The van der Waals surface area contributed by atoms with Crippen molar-refractivity contribution >= 4 is 62.3 Å². The molecule has 0 radical (unpaired) electrons. The van der Waals surface area contributed by atoms with E-state index in [-0.39, 0.29) is 29.6 Å². The molecule has 0 aliphatic rings. The van der Waals surface area contributed by atoms with Crippen LogP contribution in [0.15, 0.2) is 95.9 Å². The van der Waals surface area contributed by atoms with Gasteiger partial charge in [0.2, 0.25) is 11.8 Å². The first-order chi connectivity index (χ1) is 21.8. The quantitative estimate of drug-likeness (QED) is 0.165. The fourth-order valence-electron chi connectivity index (χ4n) is 5.04. The lowest BCUT2D eigenvalue weighted by Gasteiger charge is -2.34. The number of hydrogen-bond acceptors (Lipinski definition) is 4. The molecule has 0 bridgehead atoms. The van der Waals surface area contributed by atoms with Crippen LogP contribution in [0.5, 0.6) is 0 Å². The lowest BCUT2D eigenvalue weighted by molar-refractivity contribution is -0.140. The van der Waals surface area contributed by atoms with Crippen molar-refractivity contribution in [3.05, 3.63) is 128 Å². The van der Waals surface area contributed by atoms with Crippen LogP contribution in [-0.4, -0.2) is 43.8 Å². The third-order valence-corrected chi connectivity index (χ3v) is 10.1. The number of sulfonamides is 1. The third-order valence-electron chi connectivity index (χ3n) is 7.41. The Bertz CT molecular complexity index is 1780. The van der Waals surface area contributed by atoms with Gasteiger partial charge >= 0.3 is 0 Å². The van der Waals surface area contributed by atoms with Crippen molar-refractivity contribution in [1.29, 1.82) is 0 Å². The van der Waals surface area contributed by atoms with Gasteiger partial charge in [0.1, 0.15) is 12.6 Å². The molecule has 1 unspecified atom stereocenters. The van der Waals surface area contributed by atoms with Gasteiger partial charge in [-0.15, -0.1) is 0 Å². The van der Waals surface area contributed by atoms with Gasteiger partial charge in [-0.2, -0.15) is 0 Å². The second-order valence-electron chi connectivity index (χ2n) is 11.3. The number of rotatable bonds is 12. The van der Waals surface area contributed by atoms with Gasteiger partial charge in [0.05, 0.1) is 10.6 Å². The predicted molar refractivity (Wildman–Crippen MR) is 186 cm³/mol. The number of aryl methyl sites for hydroxylation is 2. The van der Waals surface area contributed by atoms with Crippen LogP contribution in [0, 0.1) is 13.8 Å². The van der Waals surface area contributed by atoms with Crippen LogP contribution in [0.3, 0.4) is 0 Å². The van der Waals surface area contributed by atoms with E-state index in [1.807, 2.05) is 51.1 Å². The summed E-state index contributed by atoms with van der Waals surface area (Å²) in [5.41, 5.74) is 2.96. The van der Waals surface area contributed by atoms with E-state index in [1.54, 1.807) is 55.5 Å². The molecule has 1 N–H and O–H groups in total. The molecule has 4 aromatic rings. The number of hydrogen-bond donors (Lipinski definition) is 1. The first kappa shape index (κ1) is 35.3. The summed E-state index contributed by atoms with van der Waals surface area (Å²) < 4.78 is 29.6. The number of benzene rings is 4. The monoisotopic (exact) mass is 699 g/mol. The Hall–Kier alpha value is -3.56. The van der Waals surface area contributed by atoms with Gasteiger partial charge in [0.25, 0.3) is 10.0 Å². The van der Waals surface area contributed by atoms with Crippen molar-refractivity contribution < 1.29 is 18.0 Å². The van der Waals surface area contributed by atoms with Crippen LogP contribution in [0.1, 0.15) is 36.1 Å². The number of amides is 2. The molecule has 2 amide bonds. The molecule has 0 fully saturated rings. The van der Waals surface area contributed by atoms with Crippen LogP contribution in [0.25, 0.3) is 0 Å². The molecule has 0 aliphatic heterocycles. The zero-order valence-electron chi connectivity index (χ0n) is 26.0. The minimum Gasteiger partial charge on any atom is -0.352 e. The molecule has 46 heavy (non-hydrogen) atoms. The highest BCUT2D eigenvalue weighted by Gasteiger charge is 2.35. The number of carbonyl (C=O) groups excluding carboxylic acids is 2. The second-order valence-corrected chi connectivity index (χ2v) is 14.5. The highest BCUT2D eigenvalue weighted by Crippen LogP contribution is 2.31. The molecule has 0 aromatic heterocycles. The zero-order chi connectivity index (χ0) is 33.6. The normalized spacial score (nSPS) is 12.1. The molecule has 1 atom stereocenters. The summed E-state index contributed by atoms with van der Waals surface area (Å²) in [7, 11) is -4.26.